The quantitative estimate of drug-likeness (QED) is 0.381. The van der Waals surface area contributed by atoms with Crippen LogP contribution in [0.1, 0.15) is 53.4 Å². The van der Waals surface area contributed by atoms with E-state index in [1.807, 2.05) is 19.2 Å². The topological polar surface area (TPSA) is 69.5 Å². The molecule has 1 fully saturated rings. The Hall–Kier alpha value is -2.92. The molecular formula is C25H29F3N6OS. The molecule has 5 heterocycles. The SMILES string of the molecule is Cc1cc(-c2[nH]c3cc(C(=O)N(C)C4CCN(CC(F)(F)F)CC4)sc3c2C(C)C)cn2ncnc12. The summed E-state index contributed by atoms with van der Waals surface area (Å²) < 4.78 is 40.9. The first-order chi connectivity index (χ1) is 17.0. The number of fused-ring (bicyclic) bond motifs is 2. The van der Waals surface area contributed by atoms with Crippen molar-refractivity contribution >= 4 is 33.1 Å². The molecule has 0 aliphatic carbocycles. The number of piperidine rings is 1. The van der Waals surface area contributed by atoms with Gasteiger partial charge in [0.15, 0.2) is 5.65 Å². The van der Waals surface area contributed by atoms with E-state index in [4.69, 9.17) is 0 Å². The fourth-order valence-corrected chi connectivity index (χ4v) is 6.47. The number of thiophene rings is 1. The van der Waals surface area contributed by atoms with Crippen molar-refractivity contribution in [2.75, 3.05) is 26.7 Å². The standard InChI is InChI=1S/C25H29F3N6OS/c1-14(2)20-21(16-9-15(3)23-29-13-30-34(23)11-16)31-18-10-19(36-22(18)20)24(35)32(4)17-5-7-33(8-6-17)12-25(26,27)28/h9-11,13-14,17,31H,5-8,12H2,1-4H3. The highest BCUT2D eigenvalue weighted by Crippen LogP contribution is 2.40. The summed E-state index contributed by atoms with van der Waals surface area (Å²) >= 11 is 1.47. The molecule has 4 aromatic heterocycles. The first kappa shape index (κ1) is 24.8. The van der Waals surface area contributed by atoms with Crippen molar-refractivity contribution in [1.29, 1.82) is 0 Å². The van der Waals surface area contributed by atoms with Gasteiger partial charge in [0.05, 0.1) is 27.3 Å². The normalized spacial score (nSPS) is 16.0. The third-order valence-corrected chi connectivity index (χ3v) is 8.13. The molecule has 192 valence electrons. The maximum Gasteiger partial charge on any atom is 0.401 e. The summed E-state index contributed by atoms with van der Waals surface area (Å²) in [6.07, 6.45) is 0.373. The zero-order chi connectivity index (χ0) is 25.8. The van der Waals surface area contributed by atoms with Gasteiger partial charge in [0.1, 0.15) is 6.33 Å². The van der Waals surface area contributed by atoms with Crippen LogP contribution in [0.25, 0.3) is 27.1 Å². The summed E-state index contributed by atoms with van der Waals surface area (Å²) in [5.41, 5.74) is 5.92. The smallest absolute Gasteiger partial charge is 0.354 e. The number of rotatable bonds is 5. The largest absolute Gasteiger partial charge is 0.401 e. The molecule has 4 aromatic rings. The number of aromatic amines is 1. The number of halogens is 3. The number of aromatic nitrogens is 4. The lowest BCUT2D eigenvalue weighted by atomic mass is 9.99. The number of likely N-dealkylation sites (tertiary alicyclic amines) is 1. The molecule has 5 rings (SSSR count). The van der Waals surface area contributed by atoms with Gasteiger partial charge in [0, 0.05) is 37.9 Å². The molecule has 1 aliphatic heterocycles. The second-order valence-corrected chi connectivity index (χ2v) is 11.0. The molecule has 36 heavy (non-hydrogen) atoms. The first-order valence-electron chi connectivity index (χ1n) is 12.0. The summed E-state index contributed by atoms with van der Waals surface area (Å²) in [5.74, 6) is 0.132. The minimum atomic E-state index is -4.20. The van der Waals surface area contributed by atoms with E-state index in [0.29, 0.717) is 30.8 Å². The van der Waals surface area contributed by atoms with E-state index in [2.05, 4.69) is 35.0 Å². The fraction of sp³-hybridized carbons (Fsp3) is 0.480. The van der Waals surface area contributed by atoms with E-state index in [1.54, 1.807) is 16.5 Å². The van der Waals surface area contributed by atoms with Gasteiger partial charge in [-0.2, -0.15) is 18.3 Å². The van der Waals surface area contributed by atoms with Crippen LogP contribution in [0.2, 0.25) is 0 Å². The third-order valence-electron chi connectivity index (χ3n) is 6.97. The van der Waals surface area contributed by atoms with Crippen molar-refractivity contribution in [3.05, 3.63) is 40.7 Å². The number of aryl methyl sites for hydroxylation is 1. The van der Waals surface area contributed by atoms with E-state index in [-0.39, 0.29) is 17.9 Å². The summed E-state index contributed by atoms with van der Waals surface area (Å²) in [6, 6.07) is 3.92. The minimum Gasteiger partial charge on any atom is -0.354 e. The van der Waals surface area contributed by atoms with Gasteiger partial charge in [0.2, 0.25) is 0 Å². The Morgan fingerprint density at radius 2 is 2.00 bits per heavy atom. The molecule has 11 heteroatoms. The van der Waals surface area contributed by atoms with Crippen LogP contribution in [0.15, 0.2) is 24.7 Å². The van der Waals surface area contributed by atoms with Crippen molar-refractivity contribution in [3.8, 4) is 11.3 Å². The van der Waals surface area contributed by atoms with Crippen LogP contribution < -0.4 is 0 Å². The number of H-pyrrole nitrogens is 1. The molecule has 1 aliphatic rings. The molecule has 0 radical (unpaired) electrons. The highest BCUT2D eigenvalue weighted by molar-refractivity contribution is 7.21. The Labute approximate surface area is 210 Å². The molecular weight excluding hydrogens is 489 g/mol. The van der Waals surface area contributed by atoms with Crippen LogP contribution >= 0.6 is 11.3 Å². The maximum absolute atomic E-state index is 13.3. The van der Waals surface area contributed by atoms with E-state index in [0.717, 1.165) is 38.2 Å². The van der Waals surface area contributed by atoms with Crippen LogP contribution in [-0.2, 0) is 0 Å². The average molecular weight is 519 g/mol. The number of carbonyl (C=O) groups excluding carboxylic acids is 1. The average Bonchev–Trinajstić information content (AvgIpc) is 3.51. The summed E-state index contributed by atoms with van der Waals surface area (Å²) in [5, 5.41) is 4.29. The Balaban J connectivity index is 1.39. The van der Waals surface area contributed by atoms with Crippen LogP contribution in [-0.4, -0.2) is 74.2 Å². The summed E-state index contributed by atoms with van der Waals surface area (Å²) in [7, 11) is 1.76. The van der Waals surface area contributed by atoms with Crippen molar-refractivity contribution in [3.63, 3.8) is 0 Å². The number of hydrogen-bond acceptors (Lipinski definition) is 5. The van der Waals surface area contributed by atoms with Crippen LogP contribution in [0.3, 0.4) is 0 Å². The van der Waals surface area contributed by atoms with Gasteiger partial charge in [-0.1, -0.05) is 13.8 Å². The number of pyridine rings is 1. The lowest BCUT2D eigenvalue weighted by molar-refractivity contribution is -0.148. The molecule has 0 atom stereocenters. The van der Waals surface area contributed by atoms with Crippen molar-refractivity contribution < 1.29 is 18.0 Å². The zero-order valence-corrected chi connectivity index (χ0v) is 21.5. The Kier molecular flexibility index (Phi) is 6.32. The second-order valence-electron chi connectivity index (χ2n) is 9.90. The molecule has 0 saturated carbocycles. The van der Waals surface area contributed by atoms with Crippen LogP contribution in [0, 0.1) is 6.92 Å². The van der Waals surface area contributed by atoms with Gasteiger partial charge in [-0.3, -0.25) is 9.69 Å². The van der Waals surface area contributed by atoms with E-state index < -0.39 is 12.7 Å². The lowest BCUT2D eigenvalue weighted by Gasteiger charge is -2.36. The monoisotopic (exact) mass is 518 g/mol. The molecule has 0 spiro atoms. The van der Waals surface area contributed by atoms with Gasteiger partial charge in [-0.15, -0.1) is 11.3 Å². The molecule has 0 aromatic carbocycles. The molecule has 7 nitrogen and oxygen atoms in total. The number of nitrogens with one attached hydrogen (secondary N) is 1. The third kappa shape index (κ3) is 4.61. The lowest BCUT2D eigenvalue weighted by Crippen LogP contribution is -2.47. The van der Waals surface area contributed by atoms with E-state index in [1.165, 1.54) is 22.6 Å². The van der Waals surface area contributed by atoms with Gasteiger partial charge < -0.3 is 9.88 Å². The predicted molar refractivity (Wildman–Crippen MR) is 135 cm³/mol. The van der Waals surface area contributed by atoms with Gasteiger partial charge >= 0.3 is 6.18 Å². The van der Waals surface area contributed by atoms with E-state index in [9.17, 15) is 18.0 Å². The highest BCUT2D eigenvalue weighted by Gasteiger charge is 2.34. The Morgan fingerprint density at radius 1 is 1.28 bits per heavy atom. The van der Waals surface area contributed by atoms with Crippen molar-refractivity contribution in [1.82, 2.24) is 29.4 Å². The van der Waals surface area contributed by atoms with Crippen LogP contribution in [0.5, 0.6) is 0 Å². The summed E-state index contributed by atoms with van der Waals surface area (Å²) in [6.45, 7) is 6.06. The number of amides is 1. The minimum absolute atomic E-state index is 0.0695. The Morgan fingerprint density at radius 3 is 2.67 bits per heavy atom. The maximum atomic E-state index is 13.3. The number of nitrogens with zero attached hydrogens (tertiary/aromatic N) is 5. The van der Waals surface area contributed by atoms with Gasteiger partial charge in [0.25, 0.3) is 5.91 Å². The second kappa shape index (κ2) is 9.19. The molecule has 1 saturated heterocycles. The number of hydrogen-bond donors (Lipinski definition) is 1. The van der Waals surface area contributed by atoms with Crippen molar-refractivity contribution in [2.45, 2.75) is 51.7 Å². The molecule has 1 N–H and O–H groups in total. The van der Waals surface area contributed by atoms with E-state index >= 15 is 0 Å². The van der Waals surface area contributed by atoms with Crippen LogP contribution in [0.4, 0.5) is 13.2 Å². The fourth-order valence-electron chi connectivity index (χ4n) is 5.17. The number of alkyl halides is 3. The highest BCUT2D eigenvalue weighted by atomic mass is 32.1. The van der Waals surface area contributed by atoms with Crippen molar-refractivity contribution in [2.24, 2.45) is 0 Å². The van der Waals surface area contributed by atoms with Gasteiger partial charge in [-0.25, -0.2) is 9.50 Å². The predicted octanol–water partition coefficient (Wildman–Crippen LogP) is 5.47. The van der Waals surface area contributed by atoms with Gasteiger partial charge in [-0.05, 0) is 48.9 Å². The number of carbonyl (C=O) groups is 1. The molecule has 1 amide bonds. The molecule has 0 unspecified atom stereocenters. The Bertz CT molecular complexity index is 1410. The first-order valence-corrected chi connectivity index (χ1v) is 12.9. The summed E-state index contributed by atoms with van der Waals surface area (Å²) in [4.78, 5) is 24.9. The molecule has 0 bridgehead atoms. The zero-order valence-electron chi connectivity index (χ0n) is 20.7.